The van der Waals surface area contributed by atoms with Gasteiger partial charge in [-0.3, -0.25) is 9.59 Å². The second-order valence-corrected chi connectivity index (χ2v) is 11.8. The summed E-state index contributed by atoms with van der Waals surface area (Å²) in [5.74, 6) is 0.765. The van der Waals surface area contributed by atoms with Crippen molar-refractivity contribution < 1.29 is 28.7 Å². The zero-order valence-electron chi connectivity index (χ0n) is 25.1. The molecule has 0 aliphatic carbocycles. The fourth-order valence-electron chi connectivity index (χ4n) is 3.96. The van der Waals surface area contributed by atoms with Crippen LogP contribution in [0, 0.1) is 12.3 Å². The second-order valence-electron chi connectivity index (χ2n) is 11.8. The van der Waals surface area contributed by atoms with Gasteiger partial charge >= 0.3 is 12.1 Å². The number of hydrogen-bond donors (Lipinski definition) is 2. The monoisotopic (exact) mass is 563 g/mol. The van der Waals surface area contributed by atoms with Crippen molar-refractivity contribution in [1.29, 1.82) is 0 Å². The van der Waals surface area contributed by atoms with Crippen LogP contribution in [-0.4, -0.2) is 59.1 Å². The number of carbonyl (C=O) groups excluding carboxylic acids is 4. The minimum atomic E-state index is -1.15. The number of alkyl carbamates (subject to hydrolysis) is 1. The fraction of sp³-hybridized carbons (Fsp3) is 0.438. The summed E-state index contributed by atoms with van der Waals surface area (Å²) in [5, 5.41) is 5.32. The average Bonchev–Trinajstić information content (AvgIpc) is 2.86. The topological polar surface area (TPSA) is 114 Å². The smallest absolute Gasteiger partial charge is 0.408 e. The minimum Gasteiger partial charge on any atom is -0.458 e. The summed E-state index contributed by atoms with van der Waals surface area (Å²) in [4.78, 5) is 54.0. The van der Waals surface area contributed by atoms with E-state index in [2.05, 4.69) is 16.6 Å². The van der Waals surface area contributed by atoms with Gasteiger partial charge in [0.15, 0.2) is 0 Å². The van der Waals surface area contributed by atoms with E-state index in [1.165, 1.54) is 18.9 Å². The molecule has 0 aliphatic heterocycles. The molecule has 3 amide bonds. The van der Waals surface area contributed by atoms with E-state index < -0.39 is 53.2 Å². The minimum absolute atomic E-state index is 0.179. The Hall–Kier alpha value is -4.32. The van der Waals surface area contributed by atoms with Crippen molar-refractivity contribution >= 4 is 23.9 Å². The number of ether oxygens (including phenoxy) is 2. The molecule has 0 radical (unpaired) electrons. The maximum atomic E-state index is 13.9. The number of hydrogen-bond acceptors (Lipinski definition) is 6. The van der Waals surface area contributed by atoms with Crippen molar-refractivity contribution in [2.24, 2.45) is 0 Å². The summed E-state index contributed by atoms with van der Waals surface area (Å²) in [7, 11) is 1.45. The molecule has 2 rings (SSSR count). The molecule has 0 heterocycles. The van der Waals surface area contributed by atoms with E-state index >= 15 is 0 Å². The molecule has 3 unspecified atom stereocenters. The largest absolute Gasteiger partial charge is 0.458 e. The molecule has 0 saturated heterocycles. The lowest BCUT2D eigenvalue weighted by molar-refractivity contribution is -0.159. The number of carbonyl (C=O) groups is 4. The van der Waals surface area contributed by atoms with Crippen LogP contribution in [0.4, 0.5) is 4.79 Å². The van der Waals surface area contributed by atoms with E-state index in [1.54, 1.807) is 65.8 Å². The van der Waals surface area contributed by atoms with Crippen LogP contribution in [0.15, 0.2) is 54.6 Å². The molecule has 0 spiro atoms. The fourth-order valence-corrected chi connectivity index (χ4v) is 3.96. The maximum absolute atomic E-state index is 13.9. The third-order valence-electron chi connectivity index (χ3n) is 5.77. The predicted octanol–water partition coefficient (Wildman–Crippen LogP) is 4.15. The molecule has 2 aromatic carbocycles. The Morgan fingerprint density at radius 1 is 0.878 bits per heavy atom. The van der Waals surface area contributed by atoms with Gasteiger partial charge in [0, 0.05) is 19.0 Å². The van der Waals surface area contributed by atoms with E-state index in [0.29, 0.717) is 11.1 Å². The van der Waals surface area contributed by atoms with E-state index in [-0.39, 0.29) is 6.42 Å². The van der Waals surface area contributed by atoms with Crippen LogP contribution in [0.3, 0.4) is 0 Å². The number of likely N-dealkylation sites (N-methyl/N-ethyl adjacent to an activating group) is 1. The number of nitrogens with one attached hydrogen (secondary N) is 2. The number of amides is 3. The molecule has 0 aliphatic rings. The van der Waals surface area contributed by atoms with Crippen molar-refractivity contribution in [3.05, 3.63) is 71.3 Å². The van der Waals surface area contributed by atoms with Crippen LogP contribution in [0.1, 0.15) is 71.2 Å². The molecule has 41 heavy (non-hydrogen) atoms. The highest BCUT2D eigenvalue weighted by atomic mass is 16.6. The average molecular weight is 564 g/mol. The van der Waals surface area contributed by atoms with Gasteiger partial charge in [0.25, 0.3) is 0 Å². The van der Waals surface area contributed by atoms with Crippen LogP contribution in [-0.2, 0) is 30.3 Å². The third-order valence-corrected chi connectivity index (χ3v) is 5.77. The Kier molecular flexibility index (Phi) is 11.1. The van der Waals surface area contributed by atoms with Crippen LogP contribution in [0.25, 0.3) is 0 Å². The Labute approximate surface area is 243 Å². The van der Waals surface area contributed by atoms with Gasteiger partial charge < -0.3 is 25.0 Å². The molecule has 2 aromatic rings. The van der Waals surface area contributed by atoms with Crippen molar-refractivity contribution in [3.63, 3.8) is 0 Å². The Morgan fingerprint density at radius 3 is 1.95 bits per heavy atom. The maximum Gasteiger partial charge on any atom is 0.408 e. The summed E-state index contributed by atoms with van der Waals surface area (Å²) < 4.78 is 10.9. The molecule has 9 nitrogen and oxygen atoms in total. The summed E-state index contributed by atoms with van der Waals surface area (Å²) in [6.07, 6.45) is 4.91. The van der Waals surface area contributed by atoms with E-state index in [9.17, 15) is 19.2 Å². The highest BCUT2D eigenvalue weighted by molar-refractivity contribution is 5.93. The first-order chi connectivity index (χ1) is 19.0. The molecule has 0 aromatic heterocycles. The molecule has 9 heteroatoms. The van der Waals surface area contributed by atoms with E-state index in [0.717, 1.165) is 5.56 Å². The summed E-state index contributed by atoms with van der Waals surface area (Å²) in [6.45, 7) is 11.9. The lowest BCUT2D eigenvalue weighted by Gasteiger charge is -2.32. The van der Waals surface area contributed by atoms with Crippen LogP contribution < -0.4 is 10.6 Å². The molecule has 0 bridgehead atoms. The molecular weight excluding hydrogens is 522 g/mol. The van der Waals surface area contributed by atoms with Gasteiger partial charge in [-0.2, -0.15) is 0 Å². The normalized spacial score (nSPS) is 13.5. The van der Waals surface area contributed by atoms with Gasteiger partial charge in [-0.05, 0) is 71.7 Å². The molecule has 220 valence electrons. The van der Waals surface area contributed by atoms with Crippen LogP contribution in [0.5, 0.6) is 0 Å². The summed E-state index contributed by atoms with van der Waals surface area (Å²) in [5.41, 5.74) is 0.340. The first kappa shape index (κ1) is 32.9. The van der Waals surface area contributed by atoms with Crippen molar-refractivity contribution in [1.82, 2.24) is 15.5 Å². The quantitative estimate of drug-likeness (QED) is 0.350. The SMILES string of the molecule is C#Cc1ccc(C(C(=O)NC(Cc2ccccc2)C(=O)OC(C)(C)C)N(C)C(=O)C(C)NC(=O)OC(C)(C)C)cc1. The number of rotatable bonds is 9. The molecule has 2 N–H and O–H groups in total. The first-order valence-corrected chi connectivity index (χ1v) is 13.4. The lowest BCUT2D eigenvalue weighted by atomic mass is 10.0. The van der Waals surface area contributed by atoms with E-state index in [4.69, 9.17) is 15.9 Å². The highest BCUT2D eigenvalue weighted by Gasteiger charge is 2.35. The predicted molar refractivity (Wildman–Crippen MR) is 157 cm³/mol. The Balaban J connectivity index is 2.40. The Morgan fingerprint density at radius 2 is 1.44 bits per heavy atom. The second kappa shape index (κ2) is 13.8. The van der Waals surface area contributed by atoms with Crippen molar-refractivity contribution in [2.45, 2.75) is 84.2 Å². The number of esters is 1. The van der Waals surface area contributed by atoms with Crippen LogP contribution >= 0.6 is 0 Å². The van der Waals surface area contributed by atoms with Gasteiger partial charge in [0.2, 0.25) is 11.8 Å². The zero-order valence-corrected chi connectivity index (χ0v) is 25.1. The van der Waals surface area contributed by atoms with Gasteiger partial charge in [-0.1, -0.05) is 48.4 Å². The first-order valence-electron chi connectivity index (χ1n) is 13.4. The number of nitrogens with zero attached hydrogens (tertiary/aromatic N) is 1. The highest BCUT2D eigenvalue weighted by Crippen LogP contribution is 2.23. The molecular formula is C32H41N3O6. The third kappa shape index (κ3) is 10.6. The van der Waals surface area contributed by atoms with Gasteiger partial charge in [-0.15, -0.1) is 6.42 Å². The number of benzene rings is 2. The number of terminal acetylenes is 1. The zero-order chi connectivity index (χ0) is 31.0. The molecule has 0 fully saturated rings. The molecule has 0 saturated carbocycles. The Bertz CT molecular complexity index is 1250. The van der Waals surface area contributed by atoms with Crippen molar-refractivity contribution in [2.75, 3.05) is 7.05 Å². The van der Waals surface area contributed by atoms with E-state index in [1.807, 2.05) is 30.3 Å². The standard InChI is InChI=1S/C32H41N3O6/c1-10-22-16-18-24(19-17-22)26(35(9)28(37)21(2)33-30(39)41-32(6,7)8)27(36)34-25(29(38)40-31(3,4)5)20-23-14-12-11-13-15-23/h1,11-19,21,25-26H,20H2,2-9H3,(H,33,39)(H,34,36). The lowest BCUT2D eigenvalue weighted by Crippen LogP contribution is -2.53. The van der Waals surface area contributed by atoms with Gasteiger partial charge in [0.1, 0.15) is 29.3 Å². The summed E-state index contributed by atoms with van der Waals surface area (Å²) in [6, 6.07) is 12.6. The van der Waals surface area contributed by atoms with Crippen molar-refractivity contribution in [3.8, 4) is 12.3 Å². The summed E-state index contributed by atoms with van der Waals surface area (Å²) >= 11 is 0. The molecule has 3 atom stereocenters. The van der Waals surface area contributed by atoms with Crippen LogP contribution in [0.2, 0.25) is 0 Å². The van der Waals surface area contributed by atoms with Gasteiger partial charge in [-0.25, -0.2) is 9.59 Å². The van der Waals surface area contributed by atoms with Gasteiger partial charge in [0.05, 0.1) is 0 Å².